The number of hydrogen-bond acceptors (Lipinski definition) is 23. The summed E-state index contributed by atoms with van der Waals surface area (Å²) in [7, 11) is 5.96. The van der Waals surface area contributed by atoms with E-state index in [1.54, 1.807) is 44.3 Å². The summed E-state index contributed by atoms with van der Waals surface area (Å²) in [5, 5.41) is 15.7. The number of carbonyl (C=O) groups excluding carboxylic acids is 1. The van der Waals surface area contributed by atoms with Gasteiger partial charge < -0.3 is 26.2 Å². The maximum atomic E-state index is 12.4. The number of rotatable bonds is 10. The van der Waals surface area contributed by atoms with Crippen molar-refractivity contribution in [2.75, 3.05) is 25.7 Å². The summed E-state index contributed by atoms with van der Waals surface area (Å²) in [6.45, 7) is 0. The number of nitrogens with two attached hydrogens (primary N) is 2. The number of carbonyl (C=O) groups is 2. The van der Waals surface area contributed by atoms with Gasteiger partial charge in [0.05, 0.1) is 30.6 Å². The lowest BCUT2D eigenvalue weighted by Gasteiger charge is -1.98. The molecule has 0 fully saturated rings. The molecule has 5 N–H and O–H groups in total. The van der Waals surface area contributed by atoms with Crippen LogP contribution in [0, 0.1) is 0 Å². The lowest BCUT2D eigenvalue weighted by atomic mass is 10.3. The van der Waals surface area contributed by atoms with Crippen LogP contribution in [-0.2, 0) is 19.3 Å². The molecule has 0 bridgehead atoms. The number of anilines is 2. The van der Waals surface area contributed by atoms with Gasteiger partial charge in [-0.3, -0.25) is 4.79 Å². The van der Waals surface area contributed by atoms with Gasteiger partial charge in [-0.2, -0.15) is 18.7 Å². The molecule has 0 aliphatic carbocycles. The molecule has 280 valence electrons. The molecule has 0 aliphatic rings. The van der Waals surface area contributed by atoms with Crippen LogP contribution >= 0.6 is 90.4 Å². The molecular weight excluding hydrogens is 863 g/mol. The molecule has 0 saturated carbocycles. The van der Waals surface area contributed by atoms with E-state index in [-0.39, 0.29) is 38.5 Å². The minimum atomic E-state index is -1.26. The van der Waals surface area contributed by atoms with Crippen molar-refractivity contribution in [1.29, 1.82) is 0 Å². The predicted molar refractivity (Wildman–Crippen MR) is 225 cm³/mol. The fourth-order valence-corrected chi connectivity index (χ4v) is 11.3. The Balaban J connectivity index is 0.000000145. The standard InChI is InChI=1S/C14H8N2S4.C12H9N5O2S3.C5H6N4O3S/c1-3-7-11-9(5-1)15-13(17-11)19-20-14-16-10-6-2-4-8-12(10)18-14;1-19-16-8(9-15-11(13)22-17-9)10(18)21-12-14-6-4-2-3-5-7(6)20-12;1-12-8-2(4(10)11)3-7-5(6)13-9-3/h1-8H;2-5H,1H3,(H2,13,15,17);1H3,(H,10,11)(H2,6,7,9)/b;16-8+;8-2+. The SMILES string of the molecule is CO/N=C(/C(=O)O)c1nsc(N)n1.CO/N=C(/C(=O)Sc1nc2ccccc2s1)c1nsc(N)n1.c1ccc2sc(SSc3nc4ccccc4s3)nc2c1. The lowest BCUT2D eigenvalue weighted by Crippen LogP contribution is -2.16. The maximum Gasteiger partial charge on any atom is 0.362 e. The Bertz CT molecular complexity index is 2460. The molecule has 16 nitrogen and oxygen atoms in total. The highest BCUT2D eigenvalue weighted by Gasteiger charge is 2.23. The van der Waals surface area contributed by atoms with E-state index in [1.165, 1.54) is 35.0 Å². The average molecular weight is 886 g/mol. The van der Waals surface area contributed by atoms with Crippen molar-refractivity contribution < 1.29 is 24.4 Å². The van der Waals surface area contributed by atoms with Crippen molar-refractivity contribution in [3.8, 4) is 0 Å². The first-order valence-corrected chi connectivity index (χ1v) is 21.9. The van der Waals surface area contributed by atoms with Crippen molar-refractivity contribution in [2.45, 2.75) is 13.0 Å². The zero-order valence-corrected chi connectivity index (χ0v) is 34.5. The van der Waals surface area contributed by atoms with Crippen LogP contribution in [0.4, 0.5) is 10.3 Å². The molecule has 24 heteroatoms. The summed E-state index contributed by atoms with van der Waals surface area (Å²) in [5.74, 6) is -1.15. The van der Waals surface area contributed by atoms with E-state index in [0.717, 1.165) is 64.8 Å². The van der Waals surface area contributed by atoms with Gasteiger partial charge in [0.25, 0.3) is 5.12 Å². The molecule has 5 aromatic heterocycles. The molecule has 0 unspecified atom stereocenters. The molecule has 5 heterocycles. The molecule has 8 aromatic rings. The van der Waals surface area contributed by atoms with E-state index in [0.29, 0.717) is 4.34 Å². The second-order valence-corrected chi connectivity index (χ2v) is 18.4. The van der Waals surface area contributed by atoms with Crippen molar-refractivity contribution >= 4 is 154 Å². The molecule has 0 amide bonds. The molecule has 0 radical (unpaired) electrons. The molecule has 0 saturated heterocycles. The van der Waals surface area contributed by atoms with E-state index in [2.05, 4.69) is 85.2 Å². The Morgan fingerprint density at radius 3 is 1.42 bits per heavy atom. The molecule has 0 atom stereocenters. The number of benzene rings is 3. The first-order chi connectivity index (χ1) is 26.7. The van der Waals surface area contributed by atoms with Gasteiger partial charge in [0.15, 0.2) is 23.3 Å². The van der Waals surface area contributed by atoms with Gasteiger partial charge in [-0.15, -0.1) is 34.0 Å². The predicted octanol–water partition coefficient (Wildman–Crippen LogP) is 7.66. The molecule has 0 aliphatic heterocycles. The fourth-order valence-electron chi connectivity index (χ4n) is 4.06. The van der Waals surface area contributed by atoms with E-state index in [4.69, 9.17) is 21.4 Å². The van der Waals surface area contributed by atoms with Crippen LogP contribution in [0.15, 0.2) is 96.1 Å². The molecule has 8 rings (SSSR count). The van der Waals surface area contributed by atoms with Crippen LogP contribution in [0.1, 0.15) is 11.6 Å². The van der Waals surface area contributed by atoms with Gasteiger partial charge >= 0.3 is 5.97 Å². The number of aromatic nitrogens is 7. The van der Waals surface area contributed by atoms with Gasteiger partial charge in [0, 0.05) is 23.1 Å². The smallest absolute Gasteiger partial charge is 0.362 e. The number of nitrogen functional groups attached to an aromatic ring is 2. The Labute approximate surface area is 342 Å². The summed E-state index contributed by atoms with van der Waals surface area (Å²) in [6.07, 6.45) is 0. The second-order valence-electron chi connectivity index (χ2n) is 9.86. The molecule has 55 heavy (non-hydrogen) atoms. The second kappa shape index (κ2) is 19.2. The highest BCUT2D eigenvalue weighted by Crippen LogP contribution is 2.43. The third kappa shape index (κ3) is 10.7. The van der Waals surface area contributed by atoms with Crippen molar-refractivity contribution in [1.82, 2.24) is 33.7 Å². The number of aliphatic carboxylic acids is 1. The third-order valence-electron chi connectivity index (χ3n) is 6.26. The number of fused-ring (bicyclic) bond motifs is 3. The number of oxime groups is 2. The van der Waals surface area contributed by atoms with Crippen molar-refractivity contribution in [2.24, 2.45) is 10.3 Å². The Kier molecular flexibility index (Phi) is 13.9. The van der Waals surface area contributed by atoms with Gasteiger partial charge in [-0.25, -0.2) is 19.7 Å². The van der Waals surface area contributed by atoms with Gasteiger partial charge in [-0.05, 0) is 69.7 Å². The van der Waals surface area contributed by atoms with E-state index < -0.39 is 5.97 Å². The highest BCUT2D eigenvalue weighted by atomic mass is 33.1. The monoisotopic (exact) mass is 885 g/mol. The number of nitrogens with zero attached hydrogens (tertiary/aromatic N) is 9. The summed E-state index contributed by atoms with van der Waals surface area (Å²) >= 11 is 7.74. The first kappa shape index (κ1) is 39.9. The number of carboxylic acid groups (broad SMARTS) is 1. The average Bonchev–Trinajstić information content (AvgIpc) is 4.02. The van der Waals surface area contributed by atoms with Crippen LogP contribution in [0.2, 0.25) is 0 Å². The number of hydrogen-bond donors (Lipinski definition) is 3. The Morgan fingerprint density at radius 1 is 0.618 bits per heavy atom. The summed E-state index contributed by atoms with van der Waals surface area (Å²) in [5.41, 5.74) is 13.5. The quantitative estimate of drug-likeness (QED) is 0.0517. The minimum Gasteiger partial charge on any atom is -0.476 e. The zero-order valence-electron chi connectivity index (χ0n) is 28.0. The van der Waals surface area contributed by atoms with Crippen LogP contribution in [0.25, 0.3) is 30.6 Å². The summed E-state index contributed by atoms with van der Waals surface area (Å²) < 4.78 is 13.9. The Hall–Kier alpha value is -4.82. The number of para-hydroxylation sites is 3. The van der Waals surface area contributed by atoms with Crippen molar-refractivity contribution in [3.63, 3.8) is 0 Å². The minimum absolute atomic E-state index is 0.0136. The van der Waals surface area contributed by atoms with Gasteiger partial charge in [0.1, 0.15) is 14.2 Å². The first-order valence-electron chi connectivity index (χ1n) is 15.0. The van der Waals surface area contributed by atoms with Crippen LogP contribution in [-0.4, -0.2) is 75.5 Å². The highest BCUT2D eigenvalue weighted by molar-refractivity contribution is 8.77. The molecular formula is C31H23N11O5S8. The number of carboxylic acids is 1. The van der Waals surface area contributed by atoms with Crippen LogP contribution in [0.3, 0.4) is 0 Å². The lowest BCUT2D eigenvalue weighted by molar-refractivity contribution is -0.129. The van der Waals surface area contributed by atoms with Crippen molar-refractivity contribution in [3.05, 3.63) is 84.4 Å². The fraction of sp³-hybridized carbons (Fsp3) is 0.0645. The van der Waals surface area contributed by atoms with E-state index in [9.17, 15) is 9.59 Å². The topological polar surface area (TPSA) is 240 Å². The number of thiazole rings is 3. The largest absolute Gasteiger partial charge is 0.476 e. The third-order valence-corrected chi connectivity index (χ3v) is 14.4. The number of thioether (sulfide) groups is 1. The Morgan fingerprint density at radius 2 is 1.02 bits per heavy atom. The van der Waals surface area contributed by atoms with Gasteiger partial charge in [-0.1, -0.05) is 46.7 Å². The van der Waals surface area contributed by atoms with E-state index in [1.807, 2.05) is 36.4 Å². The summed E-state index contributed by atoms with van der Waals surface area (Å²) in [6, 6.07) is 24.2. The summed E-state index contributed by atoms with van der Waals surface area (Å²) in [4.78, 5) is 53.2. The molecule has 3 aromatic carbocycles. The van der Waals surface area contributed by atoms with E-state index >= 15 is 0 Å². The van der Waals surface area contributed by atoms with Gasteiger partial charge in [0.2, 0.25) is 23.1 Å². The molecule has 0 spiro atoms. The maximum absolute atomic E-state index is 12.4. The van der Waals surface area contributed by atoms with Crippen LogP contribution < -0.4 is 11.5 Å². The van der Waals surface area contributed by atoms with Crippen LogP contribution in [0.5, 0.6) is 0 Å². The normalized spacial score (nSPS) is 11.5. The zero-order chi connectivity index (χ0) is 38.7.